The van der Waals surface area contributed by atoms with Crippen molar-refractivity contribution >= 4 is 0 Å². The molecule has 1 heterocycles. The van der Waals surface area contributed by atoms with Crippen LogP contribution in [0.3, 0.4) is 0 Å². The van der Waals surface area contributed by atoms with Crippen molar-refractivity contribution in [2.24, 2.45) is 0 Å². The fourth-order valence-corrected chi connectivity index (χ4v) is 3.25. The summed E-state index contributed by atoms with van der Waals surface area (Å²) in [7, 11) is 0. The minimum absolute atomic E-state index is 0.154. The largest absolute Gasteiger partial charge is 0.508 e. The number of aromatic hydroxyl groups is 1. The van der Waals surface area contributed by atoms with E-state index in [1.807, 2.05) is 26.0 Å². The van der Waals surface area contributed by atoms with Crippen LogP contribution in [0.5, 0.6) is 5.75 Å². The third-order valence-corrected chi connectivity index (χ3v) is 4.56. The molecule has 0 atom stereocenters. The smallest absolute Gasteiger partial charge is 0.115 e. The maximum Gasteiger partial charge on any atom is 0.115 e. The van der Waals surface area contributed by atoms with Crippen molar-refractivity contribution in [3.63, 3.8) is 0 Å². The number of nitriles is 1. The van der Waals surface area contributed by atoms with Gasteiger partial charge in [-0.25, -0.2) is 0 Å². The van der Waals surface area contributed by atoms with Crippen LogP contribution < -0.4 is 0 Å². The Bertz CT molecular complexity index is 979. The van der Waals surface area contributed by atoms with Gasteiger partial charge in [0.25, 0.3) is 0 Å². The number of benzene rings is 2. The van der Waals surface area contributed by atoms with Crippen molar-refractivity contribution in [2.75, 3.05) is 0 Å². The zero-order valence-electron chi connectivity index (χ0n) is 15.5. The van der Waals surface area contributed by atoms with Crippen LogP contribution in [0.1, 0.15) is 42.3 Å². The Morgan fingerprint density at radius 1 is 0.885 bits per heavy atom. The van der Waals surface area contributed by atoms with Gasteiger partial charge < -0.3 is 5.11 Å². The predicted molar refractivity (Wildman–Crippen MR) is 105 cm³/mol. The highest BCUT2D eigenvalue weighted by Gasteiger charge is 2.21. The van der Waals surface area contributed by atoms with Gasteiger partial charge in [-0.05, 0) is 43.0 Å². The number of pyridine rings is 1. The molecule has 0 unspecified atom stereocenters. The van der Waals surface area contributed by atoms with Crippen LogP contribution in [-0.4, -0.2) is 10.1 Å². The lowest BCUT2D eigenvalue weighted by Gasteiger charge is -2.19. The monoisotopic (exact) mass is 342 g/mol. The molecule has 0 aliphatic carbocycles. The number of hydrogen-bond acceptors (Lipinski definition) is 3. The Morgan fingerprint density at radius 2 is 1.42 bits per heavy atom. The third kappa shape index (κ3) is 3.19. The normalized spacial score (nSPS) is 10.8. The fourth-order valence-electron chi connectivity index (χ4n) is 3.25. The van der Waals surface area contributed by atoms with Gasteiger partial charge in [0.05, 0.1) is 11.3 Å². The van der Waals surface area contributed by atoms with E-state index in [-0.39, 0.29) is 11.7 Å². The Labute approximate surface area is 154 Å². The zero-order chi connectivity index (χ0) is 18.8. The van der Waals surface area contributed by atoms with E-state index in [1.165, 1.54) is 5.56 Å². The minimum atomic E-state index is 0.154. The number of aryl methyl sites for hydroxylation is 2. The molecular formula is C23H22N2O. The second-order valence-electron chi connectivity index (χ2n) is 6.89. The van der Waals surface area contributed by atoms with E-state index in [0.29, 0.717) is 5.56 Å². The second kappa shape index (κ2) is 7.01. The molecular weight excluding hydrogens is 320 g/mol. The molecule has 130 valence electrons. The van der Waals surface area contributed by atoms with E-state index in [2.05, 4.69) is 44.2 Å². The van der Waals surface area contributed by atoms with Gasteiger partial charge in [-0.3, -0.25) is 4.98 Å². The average molecular weight is 342 g/mol. The van der Waals surface area contributed by atoms with Crippen LogP contribution >= 0.6 is 0 Å². The fraction of sp³-hybridized carbons (Fsp3) is 0.217. The molecule has 1 aromatic heterocycles. The van der Waals surface area contributed by atoms with E-state index in [1.54, 1.807) is 12.1 Å². The summed E-state index contributed by atoms with van der Waals surface area (Å²) >= 11 is 0. The first-order valence-electron chi connectivity index (χ1n) is 8.73. The molecule has 0 fully saturated rings. The summed E-state index contributed by atoms with van der Waals surface area (Å²) in [5, 5.41) is 19.6. The second-order valence-corrected chi connectivity index (χ2v) is 6.89. The first-order valence-corrected chi connectivity index (χ1v) is 8.73. The molecule has 0 aliphatic rings. The summed E-state index contributed by atoms with van der Waals surface area (Å²) in [5.74, 6) is 0.372. The number of hydrogen-bond donors (Lipinski definition) is 1. The van der Waals surface area contributed by atoms with Gasteiger partial charge in [-0.2, -0.15) is 5.26 Å². The van der Waals surface area contributed by atoms with Crippen LogP contribution in [0.2, 0.25) is 0 Å². The summed E-state index contributed by atoms with van der Waals surface area (Å²) < 4.78 is 0. The minimum Gasteiger partial charge on any atom is -0.508 e. The highest BCUT2D eigenvalue weighted by atomic mass is 16.3. The van der Waals surface area contributed by atoms with Gasteiger partial charge in [0.1, 0.15) is 11.8 Å². The van der Waals surface area contributed by atoms with E-state index in [4.69, 9.17) is 4.98 Å². The van der Waals surface area contributed by atoms with Crippen LogP contribution in [0.4, 0.5) is 0 Å². The molecule has 3 heteroatoms. The van der Waals surface area contributed by atoms with Gasteiger partial charge in [0, 0.05) is 16.8 Å². The van der Waals surface area contributed by atoms with Gasteiger partial charge in [-0.15, -0.1) is 0 Å². The molecule has 0 aliphatic heterocycles. The highest BCUT2D eigenvalue weighted by Crippen LogP contribution is 2.39. The van der Waals surface area contributed by atoms with Crippen LogP contribution in [0, 0.1) is 25.2 Å². The standard InChI is InChI=1S/C23H22N2O/c1-14(2)23-20(13-24)22(18-7-5-15(3)6-8-18)21(16(4)25-23)17-9-11-19(26)12-10-17/h5-12,14,26H,1-4H3. The molecule has 3 rings (SSSR count). The van der Waals surface area contributed by atoms with Crippen molar-refractivity contribution in [1.29, 1.82) is 5.26 Å². The lowest BCUT2D eigenvalue weighted by atomic mass is 9.87. The summed E-state index contributed by atoms with van der Waals surface area (Å²) in [6, 6.07) is 17.7. The number of rotatable bonds is 3. The van der Waals surface area contributed by atoms with Crippen LogP contribution in [0.15, 0.2) is 48.5 Å². The molecule has 1 N–H and O–H groups in total. The lowest BCUT2D eigenvalue weighted by molar-refractivity contribution is 0.475. The molecule has 0 spiro atoms. The predicted octanol–water partition coefficient (Wildman–Crippen LogP) is 5.73. The quantitative estimate of drug-likeness (QED) is 0.661. The molecule has 3 aromatic rings. The average Bonchev–Trinajstić information content (AvgIpc) is 2.62. The zero-order valence-corrected chi connectivity index (χ0v) is 15.5. The van der Waals surface area contributed by atoms with E-state index in [0.717, 1.165) is 33.6 Å². The number of aromatic nitrogens is 1. The lowest BCUT2D eigenvalue weighted by Crippen LogP contribution is -2.05. The van der Waals surface area contributed by atoms with Gasteiger partial charge >= 0.3 is 0 Å². The summed E-state index contributed by atoms with van der Waals surface area (Å²) in [5.41, 5.74) is 7.30. The molecule has 3 nitrogen and oxygen atoms in total. The molecule has 0 saturated carbocycles. The molecule has 0 bridgehead atoms. The number of phenolic OH excluding ortho intramolecular Hbond substituents is 1. The SMILES string of the molecule is Cc1ccc(-c2c(C#N)c(C(C)C)nc(C)c2-c2ccc(O)cc2)cc1. The number of nitrogens with zero attached hydrogens (tertiary/aromatic N) is 2. The van der Waals surface area contributed by atoms with Crippen molar-refractivity contribution in [3.05, 3.63) is 71.0 Å². The molecule has 0 saturated heterocycles. The summed E-state index contributed by atoms with van der Waals surface area (Å²) in [6.07, 6.45) is 0. The van der Waals surface area contributed by atoms with E-state index in [9.17, 15) is 10.4 Å². The van der Waals surface area contributed by atoms with Crippen LogP contribution in [-0.2, 0) is 0 Å². The van der Waals surface area contributed by atoms with Crippen molar-refractivity contribution in [2.45, 2.75) is 33.6 Å². The van der Waals surface area contributed by atoms with Crippen LogP contribution in [0.25, 0.3) is 22.3 Å². The van der Waals surface area contributed by atoms with Gasteiger partial charge in [0.15, 0.2) is 0 Å². The highest BCUT2D eigenvalue weighted by molar-refractivity contribution is 5.89. The van der Waals surface area contributed by atoms with Gasteiger partial charge in [0.2, 0.25) is 0 Å². The topological polar surface area (TPSA) is 56.9 Å². The summed E-state index contributed by atoms with van der Waals surface area (Å²) in [6.45, 7) is 8.14. The maximum atomic E-state index is 9.94. The van der Waals surface area contributed by atoms with Crippen molar-refractivity contribution < 1.29 is 5.11 Å². The molecule has 0 amide bonds. The van der Waals surface area contributed by atoms with Gasteiger partial charge in [-0.1, -0.05) is 55.8 Å². The van der Waals surface area contributed by atoms with E-state index >= 15 is 0 Å². The number of phenols is 1. The van der Waals surface area contributed by atoms with Crippen molar-refractivity contribution in [3.8, 4) is 34.1 Å². The molecule has 2 aromatic carbocycles. The Kier molecular flexibility index (Phi) is 4.77. The first kappa shape index (κ1) is 17.7. The Hall–Kier alpha value is -3.12. The molecule has 26 heavy (non-hydrogen) atoms. The molecule has 0 radical (unpaired) electrons. The third-order valence-electron chi connectivity index (χ3n) is 4.56. The van der Waals surface area contributed by atoms with E-state index < -0.39 is 0 Å². The summed E-state index contributed by atoms with van der Waals surface area (Å²) in [4.78, 5) is 4.76. The maximum absolute atomic E-state index is 9.94. The first-order chi connectivity index (χ1) is 12.4. The Morgan fingerprint density at radius 3 is 1.96 bits per heavy atom. The Balaban J connectivity index is 2.41. The van der Waals surface area contributed by atoms with Crippen molar-refractivity contribution in [1.82, 2.24) is 4.98 Å².